The molecular weight excluding hydrogens is 356 g/mol. The smallest absolute Gasteiger partial charge is 0.410 e. The minimum Gasteiger partial charge on any atom is -0.444 e. The van der Waals surface area contributed by atoms with E-state index in [-0.39, 0.29) is 6.61 Å². The van der Waals surface area contributed by atoms with Gasteiger partial charge in [0, 0.05) is 13.5 Å². The normalized spacial score (nSPS) is 12.1. The van der Waals surface area contributed by atoms with Gasteiger partial charge in [-0.15, -0.1) is 0 Å². The number of benzene rings is 2. The highest BCUT2D eigenvalue weighted by Gasteiger charge is 2.30. The number of hydrogen-bond acceptors (Lipinski definition) is 4. The van der Waals surface area contributed by atoms with E-state index in [9.17, 15) is 9.59 Å². The second-order valence-electron chi connectivity index (χ2n) is 7.54. The fraction of sp³-hybridized carbons (Fsp3) is 0.364. The molecule has 2 rings (SSSR count). The summed E-state index contributed by atoms with van der Waals surface area (Å²) in [6, 6.07) is 18.3. The zero-order valence-corrected chi connectivity index (χ0v) is 16.8. The molecule has 0 aromatic heterocycles. The number of hydrogen-bond donors (Lipinski definition) is 1. The van der Waals surface area contributed by atoms with Gasteiger partial charge in [-0.2, -0.15) is 0 Å². The van der Waals surface area contributed by atoms with Gasteiger partial charge in [0.05, 0.1) is 6.61 Å². The van der Waals surface area contributed by atoms with E-state index in [2.05, 4.69) is 5.48 Å². The van der Waals surface area contributed by atoms with Crippen LogP contribution in [-0.2, 0) is 27.4 Å². The van der Waals surface area contributed by atoms with Crippen molar-refractivity contribution in [2.24, 2.45) is 0 Å². The van der Waals surface area contributed by atoms with Gasteiger partial charge in [-0.1, -0.05) is 60.7 Å². The maximum absolute atomic E-state index is 12.8. The summed E-state index contributed by atoms with van der Waals surface area (Å²) in [4.78, 5) is 31.9. The lowest BCUT2D eigenvalue weighted by molar-refractivity contribution is -0.139. The lowest BCUT2D eigenvalue weighted by atomic mass is 10.0. The molecular formula is C22H28N2O4. The van der Waals surface area contributed by atoms with Crippen LogP contribution in [0.3, 0.4) is 0 Å². The number of carbonyl (C=O) groups is 2. The number of rotatable bonds is 7. The van der Waals surface area contributed by atoms with Crippen LogP contribution >= 0.6 is 0 Å². The Bertz CT molecular complexity index is 757. The Morgan fingerprint density at radius 1 is 0.964 bits per heavy atom. The lowest BCUT2D eigenvalue weighted by Gasteiger charge is -2.30. The number of ether oxygens (including phenoxy) is 1. The molecule has 1 atom stereocenters. The molecule has 0 spiro atoms. The molecule has 2 aromatic rings. The molecule has 6 nitrogen and oxygen atoms in total. The quantitative estimate of drug-likeness (QED) is 0.739. The highest BCUT2D eigenvalue weighted by molar-refractivity contribution is 5.85. The molecule has 0 saturated carbocycles. The fourth-order valence-electron chi connectivity index (χ4n) is 2.54. The molecule has 0 fully saturated rings. The van der Waals surface area contributed by atoms with E-state index in [1.165, 1.54) is 4.90 Å². The molecule has 0 bridgehead atoms. The third-order valence-corrected chi connectivity index (χ3v) is 3.98. The van der Waals surface area contributed by atoms with Crippen molar-refractivity contribution in [3.05, 3.63) is 71.8 Å². The predicted octanol–water partition coefficient (Wildman–Crippen LogP) is 3.71. The molecule has 0 aliphatic heterocycles. The van der Waals surface area contributed by atoms with Crippen LogP contribution in [0.25, 0.3) is 0 Å². The van der Waals surface area contributed by atoms with Crippen LogP contribution in [0.1, 0.15) is 31.9 Å². The zero-order chi connectivity index (χ0) is 20.6. The van der Waals surface area contributed by atoms with Crippen molar-refractivity contribution in [1.82, 2.24) is 10.4 Å². The van der Waals surface area contributed by atoms with Crippen LogP contribution in [0.5, 0.6) is 0 Å². The summed E-state index contributed by atoms with van der Waals surface area (Å²) in [5.74, 6) is -0.409. The van der Waals surface area contributed by atoms with Crippen molar-refractivity contribution in [1.29, 1.82) is 0 Å². The number of hydroxylamine groups is 1. The largest absolute Gasteiger partial charge is 0.444 e. The first kappa shape index (κ1) is 21.4. The van der Waals surface area contributed by atoms with Crippen LogP contribution in [-0.4, -0.2) is 35.6 Å². The van der Waals surface area contributed by atoms with Gasteiger partial charge in [0.15, 0.2) is 0 Å². The fourth-order valence-corrected chi connectivity index (χ4v) is 2.54. The Morgan fingerprint density at radius 3 is 2.04 bits per heavy atom. The molecule has 1 N–H and O–H groups in total. The first-order valence-electron chi connectivity index (χ1n) is 9.21. The van der Waals surface area contributed by atoms with Crippen molar-refractivity contribution in [2.45, 2.75) is 45.4 Å². The van der Waals surface area contributed by atoms with Gasteiger partial charge in [-0.25, -0.2) is 10.3 Å². The van der Waals surface area contributed by atoms with E-state index in [1.807, 2.05) is 60.7 Å². The lowest BCUT2D eigenvalue weighted by Crippen LogP contribution is -2.50. The average Bonchev–Trinajstić information content (AvgIpc) is 2.66. The van der Waals surface area contributed by atoms with Gasteiger partial charge in [-0.05, 0) is 31.9 Å². The molecule has 0 heterocycles. The highest BCUT2D eigenvalue weighted by atomic mass is 16.7. The Labute approximate surface area is 166 Å². The molecule has 6 heteroatoms. The zero-order valence-electron chi connectivity index (χ0n) is 16.8. The van der Waals surface area contributed by atoms with Crippen molar-refractivity contribution in [3.63, 3.8) is 0 Å². The third kappa shape index (κ3) is 7.04. The molecule has 0 aliphatic rings. The Hall–Kier alpha value is -2.86. The first-order chi connectivity index (χ1) is 13.3. The number of likely N-dealkylation sites (N-methyl/N-ethyl adjacent to an activating group) is 1. The molecule has 28 heavy (non-hydrogen) atoms. The van der Waals surface area contributed by atoms with Gasteiger partial charge in [-0.3, -0.25) is 14.5 Å². The van der Waals surface area contributed by atoms with Crippen LogP contribution < -0.4 is 5.48 Å². The average molecular weight is 384 g/mol. The summed E-state index contributed by atoms with van der Waals surface area (Å²) in [6.07, 6.45) is -0.219. The molecule has 2 amide bonds. The summed E-state index contributed by atoms with van der Waals surface area (Å²) in [5.41, 5.74) is 3.68. The maximum Gasteiger partial charge on any atom is 0.410 e. The van der Waals surface area contributed by atoms with E-state index >= 15 is 0 Å². The maximum atomic E-state index is 12.8. The SMILES string of the molecule is CN(C(=O)OC(C)(C)C)C(Cc1ccccc1)C(=O)NOCc1ccccc1. The van der Waals surface area contributed by atoms with Crippen molar-refractivity contribution < 1.29 is 19.2 Å². The van der Waals surface area contributed by atoms with Gasteiger partial charge in [0.2, 0.25) is 0 Å². The number of nitrogens with one attached hydrogen (secondary N) is 1. The van der Waals surface area contributed by atoms with Crippen LogP contribution in [0.4, 0.5) is 4.79 Å². The first-order valence-corrected chi connectivity index (χ1v) is 9.21. The number of nitrogens with zero attached hydrogens (tertiary/aromatic N) is 1. The van der Waals surface area contributed by atoms with Gasteiger partial charge in [0.1, 0.15) is 11.6 Å². The van der Waals surface area contributed by atoms with Crippen LogP contribution in [0, 0.1) is 0 Å². The highest BCUT2D eigenvalue weighted by Crippen LogP contribution is 2.14. The molecule has 0 radical (unpaired) electrons. The van der Waals surface area contributed by atoms with E-state index in [0.717, 1.165) is 11.1 Å². The monoisotopic (exact) mass is 384 g/mol. The van der Waals surface area contributed by atoms with Crippen LogP contribution in [0.15, 0.2) is 60.7 Å². The molecule has 0 saturated heterocycles. The Kier molecular flexibility index (Phi) is 7.58. The van der Waals surface area contributed by atoms with Crippen molar-refractivity contribution in [2.75, 3.05) is 7.05 Å². The van der Waals surface area contributed by atoms with Gasteiger partial charge < -0.3 is 4.74 Å². The predicted molar refractivity (Wildman–Crippen MR) is 107 cm³/mol. The summed E-state index contributed by atoms with van der Waals surface area (Å²) < 4.78 is 5.41. The number of amides is 2. The van der Waals surface area contributed by atoms with Gasteiger partial charge >= 0.3 is 6.09 Å². The third-order valence-electron chi connectivity index (χ3n) is 3.98. The van der Waals surface area contributed by atoms with Crippen molar-refractivity contribution in [3.8, 4) is 0 Å². The summed E-state index contributed by atoms with van der Waals surface area (Å²) in [7, 11) is 1.55. The van der Waals surface area contributed by atoms with E-state index in [4.69, 9.17) is 9.57 Å². The topological polar surface area (TPSA) is 67.9 Å². The summed E-state index contributed by atoms with van der Waals surface area (Å²) in [6.45, 7) is 5.59. The minimum absolute atomic E-state index is 0.237. The molecule has 150 valence electrons. The minimum atomic E-state index is -0.770. The Morgan fingerprint density at radius 2 is 1.50 bits per heavy atom. The standard InChI is InChI=1S/C22H28N2O4/c1-22(2,3)28-21(26)24(4)19(15-17-11-7-5-8-12-17)20(25)23-27-16-18-13-9-6-10-14-18/h5-14,19H,15-16H2,1-4H3,(H,23,25). The van der Waals surface area contributed by atoms with Crippen LogP contribution in [0.2, 0.25) is 0 Å². The summed E-state index contributed by atoms with van der Waals surface area (Å²) in [5, 5.41) is 0. The molecule has 0 aliphatic carbocycles. The molecule has 2 aromatic carbocycles. The second-order valence-corrected chi connectivity index (χ2v) is 7.54. The summed E-state index contributed by atoms with van der Waals surface area (Å²) >= 11 is 0. The van der Waals surface area contributed by atoms with E-state index in [0.29, 0.717) is 6.42 Å². The van der Waals surface area contributed by atoms with E-state index in [1.54, 1.807) is 27.8 Å². The van der Waals surface area contributed by atoms with Crippen molar-refractivity contribution >= 4 is 12.0 Å². The van der Waals surface area contributed by atoms with E-state index < -0.39 is 23.6 Å². The molecule has 1 unspecified atom stereocenters. The Balaban J connectivity index is 2.05. The van der Waals surface area contributed by atoms with Gasteiger partial charge in [0.25, 0.3) is 5.91 Å². The number of carbonyl (C=O) groups excluding carboxylic acids is 2. The second kappa shape index (κ2) is 9.90.